The lowest BCUT2D eigenvalue weighted by Gasteiger charge is -2.29. The van der Waals surface area contributed by atoms with Crippen LogP contribution in [0, 0.1) is 5.92 Å². The number of nitrogens with zero attached hydrogens (tertiary/aromatic N) is 2. The number of aromatic amines is 1. The fourth-order valence-electron chi connectivity index (χ4n) is 2.44. The molecule has 1 aliphatic rings. The third-order valence-corrected chi connectivity index (χ3v) is 4.24. The average Bonchev–Trinajstić information content (AvgIpc) is 2.42. The molecule has 1 saturated heterocycles. The van der Waals surface area contributed by atoms with Gasteiger partial charge in [-0.2, -0.15) is 5.10 Å². The van der Waals surface area contributed by atoms with Gasteiger partial charge in [0.05, 0.1) is 11.9 Å². The highest BCUT2D eigenvalue weighted by atomic mass is 79.9. The van der Waals surface area contributed by atoms with Crippen LogP contribution in [0.5, 0.6) is 0 Å². The molecular weight excluding hydrogens is 308 g/mol. The molecule has 0 aromatic carbocycles. The fraction of sp³-hybridized carbons (Fsp3) is 0.692. The molecule has 1 unspecified atom stereocenters. The quantitative estimate of drug-likeness (QED) is 0.868. The van der Waals surface area contributed by atoms with Gasteiger partial charge in [0.1, 0.15) is 4.47 Å². The largest absolute Gasteiger partial charge is 0.382 e. The number of piperidine rings is 1. The first kappa shape index (κ1) is 14.5. The van der Waals surface area contributed by atoms with E-state index in [0.717, 1.165) is 18.8 Å². The Morgan fingerprint density at radius 2 is 2.21 bits per heavy atom. The van der Waals surface area contributed by atoms with Gasteiger partial charge in [-0.1, -0.05) is 13.3 Å². The van der Waals surface area contributed by atoms with Crippen LogP contribution in [0.2, 0.25) is 0 Å². The second-order valence-corrected chi connectivity index (χ2v) is 6.07. The second-order valence-electron chi connectivity index (χ2n) is 5.27. The van der Waals surface area contributed by atoms with Gasteiger partial charge in [-0.3, -0.25) is 4.79 Å². The molecule has 1 aromatic rings. The highest BCUT2D eigenvalue weighted by Gasteiger charge is 2.13. The van der Waals surface area contributed by atoms with E-state index >= 15 is 0 Å². The Morgan fingerprint density at radius 3 is 2.95 bits per heavy atom. The van der Waals surface area contributed by atoms with Crippen molar-refractivity contribution in [1.29, 1.82) is 0 Å². The SMILES string of the molecule is CC(CNc1cn[nH]c(=O)c1Br)CN1CCCCC1. The molecule has 1 atom stereocenters. The van der Waals surface area contributed by atoms with Crippen LogP contribution in [-0.4, -0.2) is 41.3 Å². The van der Waals surface area contributed by atoms with Crippen LogP contribution in [0.1, 0.15) is 26.2 Å². The summed E-state index contributed by atoms with van der Waals surface area (Å²) in [6.07, 6.45) is 5.65. The van der Waals surface area contributed by atoms with Crippen molar-refractivity contribution < 1.29 is 0 Å². The second kappa shape index (κ2) is 7.05. The van der Waals surface area contributed by atoms with Crippen molar-refractivity contribution in [3.05, 3.63) is 21.0 Å². The van der Waals surface area contributed by atoms with E-state index in [2.05, 4.69) is 43.3 Å². The molecule has 1 aliphatic heterocycles. The Morgan fingerprint density at radius 1 is 1.47 bits per heavy atom. The van der Waals surface area contributed by atoms with Crippen LogP contribution in [0.3, 0.4) is 0 Å². The predicted molar refractivity (Wildman–Crippen MR) is 80.5 cm³/mol. The van der Waals surface area contributed by atoms with Crippen molar-refractivity contribution in [2.75, 3.05) is 31.5 Å². The monoisotopic (exact) mass is 328 g/mol. The summed E-state index contributed by atoms with van der Waals surface area (Å²) in [5.41, 5.74) is 0.558. The number of H-pyrrole nitrogens is 1. The molecule has 1 fully saturated rings. The van der Waals surface area contributed by atoms with Gasteiger partial charge in [-0.15, -0.1) is 0 Å². The van der Waals surface area contributed by atoms with Crippen LogP contribution in [0.15, 0.2) is 15.5 Å². The summed E-state index contributed by atoms with van der Waals surface area (Å²) < 4.78 is 0.521. The van der Waals surface area contributed by atoms with Crippen molar-refractivity contribution in [2.45, 2.75) is 26.2 Å². The van der Waals surface area contributed by atoms with E-state index in [4.69, 9.17) is 0 Å². The molecule has 106 valence electrons. The van der Waals surface area contributed by atoms with Crippen LogP contribution in [-0.2, 0) is 0 Å². The number of anilines is 1. The lowest BCUT2D eigenvalue weighted by atomic mass is 10.1. The molecule has 19 heavy (non-hydrogen) atoms. The van der Waals surface area contributed by atoms with Crippen molar-refractivity contribution in [3.8, 4) is 0 Å². The molecule has 0 radical (unpaired) electrons. The topological polar surface area (TPSA) is 61.0 Å². The minimum Gasteiger partial charge on any atom is -0.382 e. The lowest BCUT2D eigenvalue weighted by Crippen LogP contribution is -2.35. The zero-order valence-corrected chi connectivity index (χ0v) is 12.9. The van der Waals surface area contributed by atoms with Gasteiger partial charge in [0, 0.05) is 13.1 Å². The van der Waals surface area contributed by atoms with Crippen molar-refractivity contribution in [1.82, 2.24) is 15.1 Å². The molecule has 0 spiro atoms. The van der Waals surface area contributed by atoms with Crippen molar-refractivity contribution in [3.63, 3.8) is 0 Å². The van der Waals surface area contributed by atoms with Crippen molar-refractivity contribution in [2.24, 2.45) is 5.92 Å². The van der Waals surface area contributed by atoms with Crippen LogP contribution < -0.4 is 10.9 Å². The fourth-order valence-corrected chi connectivity index (χ4v) is 2.77. The molecule has 1 aromatic heterocycles. The smallest absolute Gasteiger partial charge is 0.280 e. The molecule has 2 N–H and O–H groups in total. The summed E-state index contributed by atoms with van der Waals surface area (Å²) in [5.74, 6) is 0.546. The molecule has 6 heteroatoms. The maximum absolute atomic E-state index is 11.4. The highest BCUT2D eigenvalue weighted by molar-refractivity contribution is 9.10. The summed E-state index contributed by atoms with van der Waals surface area (Å²) in [6, 6.07) is 0. The van der Waals surface area contributed by atoms with E-state index < -0.39 is 0 Å². The van der Waals surface area contributed by atoms with E-state index in [-0.39, 0.29) is 5.56 Å². The van der Waals surface area contributed by atoms with E-state index in [1.54, 1.807) is 6.20 Å². The molecule has 0 aliphatic carbocycles. The van der Waals surface area contributed by atoms with E-state index in [1.807, 2.05) is 0 Å². The summed E-state index contributed by atoms with van der Waals surface area (Å²) in [4.78, 5) is 13.9. The number of hydrogen-bond acceptors (Lipinski definition) is 4. The normalized spacial score (nSPS) is 18.2. The number of halogens is 1. The minimum absolute atomic E-state index is 0.200. The zero-order valence-electron chi connectivity index (χ0n) is 11.3. The molecular formula is C13H21BrN4O. The summed E-state index contributed by atoms with van der Waals surface area (Å²) >= 11 is 3.27. The Labute approximate surface area is 121 Å². The van der Waals surface area contributed by atoms with E-state index in [9.17, 15) is 4.79 Å². The van der Waals surface area contributed by atoms with Crippen LogP contribution in [0.4, 0.5) is 5.69 Å². The van der Waals surface area contributed by atoms with Gasteiger partial charge in [0.15, 0.2) is 0 Å². The summed E-state index contributed by atoms with van der Waals surface area (Å²) in [6.45, 7) is 6.64. The lowest BCUT2D eigenvalue weighted by molar-refractivity contribution is 0.204. The third-order valence-electron chi connectivity index (χ3n) is 3.46. The molecule has 0 amide bonds. The van der Waals surface area contributed by atoms with Crippen LogP contribution >= 0.6 is 15.9 Å². The van der Waals surface area contributed by atoms with Gasteiger partial charge < -0.3 is 10.2 Å². The number of nitrogens with one attached hydrogen (secondary N) is 2. The first-order valence-electron chi connectivity index (χ1n) is 6.86. The van der Waals surface area contributed by atoms with Gasteiger partial charge in [-0.05, 0) is 47.8 Å². The molecule has 2 heterocycles. The Balaban J connectivity index is 1.81. The van der Waals surface area contributed by atoms with Gasteiger partial charge in [-0.25, -0.2) is 5.10 Å². The van der Waals surface area contributed by atoms with Gasteiger partial charge >= 0.3 is 0 Å². The molecule has 5 nitrogen and oxygen atoms in total. The maximum atomic E-state index is 11.4. The van der Waals surface area contributed by atoms with E-state index in [0.29, 0.717) is 10.4 Å². The minimum atomic E-state index is -0.200. The summed E-state index contributed by atoms with van der Waals surface area (Å²) in [7, 11) is 0. The molecule has 0 bridgehead atoms. The Kier molecular flexibility index (Phi) is 5.39. The highest BCUT2D eigenvalue weighted by Crippen LogP contribution is 2.16. The number of rotatable bonds is 5. The number of likely N-dealkylation sites (tertiary alicyclic amines) is 1. The van der Waals surface area contributed by atoms with Crippen LogP contribution in [0.25, 0.3) is 0 Å². The Bertz CT molecular complexity index is 456. The summed E-state index contributed by atoms with van der Waals surface area (Å²) in [5, 5.41) is 9.48. The first-order chi connectivity index (χ1) is 9.16. The number of aromatic nitrogens is 2. The van der Waals surface area contributed by atoms with Gasteiger partial charge in [0.2, 0.25) is 0 Å². The number of hydrogen-bond donors (Lipinski definition) is 2. The van der Waals surface area contributed by atoms with Gasteiger partial charge in [0.25, 0.3) is 5.56 Å². The third kappa shape index (κ3) is 4.31. The maximum Gasteiger partial charge on any atom is 0.280 e. The zero-order chi connectivity index (χ0) is 13.7. The van der Waals surface area contributed by atoms with E-state index in [1.165, 1.54) is 32.4 Å². The Hall–Kier alpha value is -0.880. The standard InChI is InChI=1S/C13H21BrN4O/c1-10(9-18-5-3-2-4-6-18)7-15-11-8-16-17-13(19)12(11)14/h8,10H,2-7,9H2,1H3,(H2,15,17,19). The van der Waals surface area contributed by atoms with Crippen molar-refractivity contribution >= 4 is 21.6 Å². The average molecular weight is 329 g/mol. The first-order valence-corrected chi connectivity index (χ1v) is 7.65. The molecule has 0 saturated carbocycles. The molecule has 2 rings (SSSR count). The predicted octanol–water partition coefficient (Wildman–Crippen LogP) is 2.07.